The molecule has 0 aliphatic carbocycles. The molecule has 0 fully saturated rings. The zero-order valence-electron chi connectivity index (χ0n) is 14.8. The second kappa shape index (κ2) is 9.11. The lowest BCUT2D eigenvalue weighted by molar-refractivity contribution is -0.126. The highest BCUT2D eigenvalue weighted by Gasteiger charge is 2.12. The largest absolute Gasteiger partial charge is 0.335 e. The lowest BCUT2D eigenvalue weighted by Gasteiger charge is -2.21. The van der Waals surface area contributed by atoms with E-state index in [9.17, 15) is 4.79 Å². The number of carbonyl (C=O) groups is 1. The van der Waals surface area contributed by atoms with Crippen LogP contribution in [0.4, 0.5) is 0 Å². The molecule has 132 valence electrons. The average molecular weight is 362 g/mol. The summed E-state index contributed by atoms with van der Waals surface area (Å²) in [5.74, 6) is 0.00966. The summed E-state index contributed by atoms with van der Waals surface area (Å²) < 4.78 is 0. The number of hydrogen-bond donors (Lipinski definition) is 0. The van der Waals surface area contributed by atoms with E-state index in [1.54, 1.807) is 23.5 Å². The Hall–Kier alpha value is -2.72. The Kier molecular flexibility index (Phi) is 6.34. The van der Waals surface area contributed by atoms with Gasteiger partial charge in [-0.3, -0.25) is 4.79 Å². The average Bonchev–Trinajstić information content (AvgIpc) is 3.10. The van der Waals surface area contributed by atoms with Crippen molar-refractivity contribution < 1.29 is 4.79 Å². The minimum Gasteiger partial charge on any atom is -0.335 e. The van der Waals surface area contributed by atoms with Crippen LogP contribution in [0, 0.1) is 6.92 Å². The first-order valence-corrected chi connectivity index (χ1v) is 9.55. The van der Waals surface area contributed by atoms with E-state index < -0.39 is 0 Å². The quantitative estimate of drug-likeness (QED) is 0.569. The molecule has 0 aliphatic heterocycles. The van der Waals surface area contributed by atoms with Gasteiger partial charge in [0.25, 0.3) is 0 Å². The molecule has 0 spiro atoms. The van der Waals surface area contributed by atoms with E-state index in [2.05, 4.69) is 29.2 Å². The highest BCUT2D eigenvalue weighted by molar-refractivity contribution is 7.09. The normalized spacial score (nSPS) is 11.0. The molecule has 4 heteroatoms. The number of nitrogens with zero attached hydrogens (tertiary/aromatic N) is 2. The molecule has 2 aromatic carbocycles. The van der Waals surface area contributed by atoms with Crippen molar-refractivity contribution in [3.8, 4) is 0 Å². The van der Waals surface area contributed by atoms with Gasteiger partial charge in [-0.15, -0.1) is 11.3 Å². The summed E-state index contributed by atoms with van der Waals surface area (Å²) in [6, 6.07) is 20.4. The Labute approximate surface area is 158 Å². The molecule has 0 unspecified atom stereocenters. The molecule has 1 aromatic heterocycles. The van der Waals surface area contributed by atoms with Gasteiger partial charge in [-0.2, -0.15) is 0 Å². The summed E-state index contributed by atoms with van der Waals surface area (Å²) in [7, 11) is 0. The van der Waals surface area contributed by atoms with Gasteiger partial charge < -0.3 is 4.90 Å². The van der Waals surface area contributed by atoms with E-state index in [0.717, 1.165) is 22.7 Å². The van der Waals surface area contributed by atoms with Gasteiger partial charge in [0.15, 0.2) is 0 Å². The van der Waals surface area contributed by atoms with Crippen molar-refractivity contribution in [3.63, 3.8) is 0 Å². The molecule has 0 atom stereocenters. The minimum atomic E-state index is 0.00966. The first kappa shape index (κ1) is 18.1. The van der Waals surface area contributed by atoms with E-state index in [4.69, 9.17) is 0 Å². The van der Waals surface area contributed by atoms with Crippen LogP contribution in [0.5, 0.6) is 0 Å². The molecule has 0 aliphatic rings. The van der Waals surface area contributed by atoms with Gasteiger partial charge in [0.05, 0.1) is 10.7 Å². The van der Waals surface area contributed by atoms with Crippen LogP contribution in [-0.4, -0.2) is 22.3 Å². The van der Waals surface area contributed by atoms with Crippen LogP contribution in [0.3, 0.4) is 0 Å². The SMILES string of the molecule is Cc1nc(/C=C/C(=O)N(CCc2ccccc2)Cc2ccccc2)cs1. The molecule has 26 heavy (non-hydrogen) atoms. The van der Waals surface area contributed by atoms with E-state index in [1.807, 2.05) is 53.6 Å². The van der Waals surface area contributed by atoms with E-state index >= 15 is 0 Å². The summed E-state index contributed by atoms with van der Waals surface area (Å²) >= 11 is 1.59. The molecule has 1 amide bonds. The smallest absolute Gasteiger partial charge is 0.246 e. The molecule has 3 nitrogen and oxygen atoms in total. The molecule has 0 saturated heterocycles. The molecule has 3 rings (SSSR count). The second-order valence-electron chi connectivity index (χ2n) is 6.11. The lowest BCUT2D eigenvalue weighted by Crippen LogP contribution is -2.31. The number of aryl methyl sites for hydroxylation is 1. The molecule has 0 saturated carbocycles. The lowest BCUT2D eigenvalue weighted by atomic mass is 10.1. The third kappa shape index (κ3) is 5.39. The van der Waals surface area contributed by atoms with Crippen LogP contribution in [0.25, 0.3) is 6.08 Å². The van der Waals surface area contributed by atoms with Crippen LogP contribution < -0.4 is 0 Å². The number of carbonyl (C=O) groups excluding carboxylic acids is 1. The molecule has 3 aromatic rings. The van der Waals surface area contributed by atoms with Gasteiger partial charge in [-0.1, -0.05) is 60.7 Å². The van der Waals surface area contributed by atoms with Crippen LogP contribution >= 0.6 is 11.3 Å². The fourth-order valence-corrected chi connectivity index (χ4v) is 3.28. The standard InChI is InChI=1S/C22H22N2OS/c1-18-23-21(17-26-18)12-13-22(25)24(16-20-10-6-3-7-11-20)15-14-19-8-4-2-5-9-19/h2-13,17H,14-16H2,1H3/b13-12+. The highest BCUT2D eigenvalue weighted by Crippen LogP contribution is 2.11. The molecule has 0 bridgehead atoms. The maximum Gasteiger partial charge on any atom is 0.246 e. The Morgan fingerprint density at radius 1 is 1.04 bits per heavy atom. The molecule has 1 heterocycles. The van der Waals surface area contributed by atoms with Crippen molar-refractivity contribution in [2.45, 2.75) is 19.9 Å². The second-order valence-corrected chi connectivity index (χ2v) is 7.17. The van der Waals surface area contributed by atoms with E-state index in [0.29, 0.717) is 13.1 Å². The predicted octanol–water partition coefficient (Wildman–Crippen LogP) is 4.74. The number of rotatable bonds is 7. The predicted molar refractivity (Wildman–Crippen MR) is 108 cm³/mol. The Morgan fingerprint density at radius 2 is 1.69 bits per heavy atom. The van der Waals surface area contributed by atoms with Gasteiger partial charge in [-0.05, 0) is 30.5 Å². The third-order valence-corrected chi connectivity index (χ3v) is 4.87. The zero-order valence-corrected chi connectivity index (χ0v) is 15.7. The Morgan fingerprint density at radius 3 is 2.31 bits per heavy atom. The maximum absolute atomic E-state index is 12.8. The highest BCUT2D eigenvalue weighted by atomic mass is 32.1. The molecular formula is C22H22N2OS. The van der Waals surface area contributed by atoms with E-state index in [-0.39, 0.29) is 5.91 Å². The fourth-order valence-electron chi connectivity index (χ4n) is 2.70. The number of benzene rings is 2. The Bertz CT molecular complexity index is 856. The number of aromatic nitrogens is 1. The topological polar surface area (TPSA) is 33.2 Å². The minimum absolute atomic E-state index is 0.00966. The van der Waals surface area contributed by atoms with Gasteiger partial charge in [0.2, 0.25) is 5.91 Å². The van der Waals surface area contributed by atoms with Crippen LogP contribution in [0.15, 0.2) is 72.1 Å². The fraction of sp³-hybridized carbons (Fsp3) is 0.182. The first-order chi connectivity index (χ1) is 12.7. The van der Waals surface area contributed by atoms with Gasteiger partial charge >= 0.3 is 0 Å². The van der Waals surface area contributed by atoms with Crippen molar-refractivity contribution >= 4 is 23.3 Å². The summed E-state index contributed by atoms with van der Waals surface area (Å²) in [5, 5.41) is 2.97. The third-order valence-electron chi connectivity index (χ3n) is 4.07. The zero-order chi connectivity index (χ0) is 18.2. The van der Waals surface area contributed by atoms with Gasteiger partial charge in [-0.25, -0.2) is 4.98 Å². The van der Waals surface area contributed by atoms with Crippen LogP contribution in [0.2, 0.25) is 0 Å². The number of thiazole rings is 1. The van der Waals surface area contributed by atoms with Crippen LogP contribution in [-0.2, 0) is 17.8 Å². The summed E-state index contributed by atoms with van der Waals surface area (Å²) in [5.41, 5.74) is 3.20. The van der Waals surface area contributed by atoms with Crippen molar-refractivity contribution in [3.05, 3.63) is 93.9 Å². The molecule has 0 N–H and O–H groups in total. The van der Waals surface area contributed by atoms with Crippen molar-refractivity contribution in [2.24, 2.45) is 0 Å². The van der Waals surface area contributed by atoms with Crippen molar-refractivity contribution in [2.75, 3.05) is 6.54 Å². The Balaban J connectivity index is 1.70. The summed E-state index contributed by atoms with van der Waals surface area (Å²) in [4.78, 5) is 19.0. The maximum atomic E-state index is 12.8. The number of amides is 1. The molecular weight excluding hydrogens is 340 g/mol. The van der Waals surface area contributed by atoms with E-state index in [1.165, 1.54) is 5.56 Å². The summed E-state index contributed by atoms with van der Waals surface area (Å²) in [6.07, 6.45) is 4.26. The van der Waals surface area contributed by atoms with Gasteiger partial charge in [0.1, 0.15) is 0 Å². The van der Waals surface area contributed by atoms with Crippen molar-refractivity contribution in [1.82, 2.24) is 9.88 Å². The first-order valence-electron chi connectivity index (χ1n) is 8.68. The summed E-state index contributed by atoms with van der Waals surface area (Å²) in [6.45, 7) is 3.25. The van der Waals surface area contributed by atoms with Gasteiger partial charge in [0, 0.05) is 24.5 Å². The monoisotopic (exact) mass is 362 g/mol. The van der Waals surface area contributed by atoms with Crippen LogP contribution in [0.1, 0.15) is 21.8 Å². The van der Waals surface area contributed by atoms with Crippen molar-refractivity contribution in [1.29, 1.82) is 0 Å². The number of hydrogen-bond acceptors (Lipinski definition) is 3. The molecule has 0 radical (unpaired) electrons.